The first-order chi connectivity index (χ1) is 13.3. The highest BCUT2D eigenvalue weighted by Crippen LogP contribution is 2.36. The Bertz CT molecular complexity index is 886. The van der Waals surface area contributed by atoms with Crippen molar-refractivity contribution in [1.29, 1.82) is 0 Å². The molecule has 0 spiro atoms. The number of hydrogen-bond donors (Lipinski definition) is 0. The second-order valence-corrected chi connectivity index (χ2v) is 8.06. The minimum atomic E-state index is -1.08. The number of hydrogen-bond acceptors (Lipinski definition) is 5. The third-order valence-corrected chi connectivity index (χ3v) is 5.73. The number of carbonyl (C=O) groups is 2. The number of aromatic nitrogens is 1. The number of esters is 1. The lowest BCUT2D eigenvalue weighted by Crippen LogP contribution is -2.51. The van der Waals surface area contributed by atoms with Crippen LogP contribution in [-0.4, -0.2) is 41.5 Å². The number of halogens is 2. The maximum absolute atomic E-state index is 14.3. The molecule has 0 aliphatic carbocycles. The molecule has 3 rings (SSSR count). The van der Waals surface area contributed by atoms with Crippen molar-refractivity contribution in [3.63, 3.8) is 0 Å². The van der Waals surface area contributed by atoms with Crippen molar-refractivity contribution in [1.82, 2.24) is 9.88 Å². The number of ether oxygens (including phenoxy) is 1. The van der Waals surface area contributed by atoms with Crippen molar-refractivity contribution < 1.29 is 23.1 Å². The Morgan fingerprint density at radius 2 is 2.14 bits per heavy atom. The summed E-state index contributed by atoms with van der Waals surface area (Å²) in [6.45, 7) is 4.30. The zero-order valence-electron chi connectivity index (χ0n) is 15.8. The molecule has 1 aliphatic heterocycles. The largest absolute Gasteiger partial charge is 0.466 e. The molecule has 1 atom stereocenters. The lowest BCUT2D eigenvalue weighted by atomic mass is 9.75. The summed E-state index contributed by atoms with van der Waals surface area (Å²) in [4.78, 5) is 31.5. The summed E-state index contributed by atoms with van der Waals surface area (Å²) >= 11 is 1.38. The monoisotopic (exact) mass is 408 g/mol. The Kier molecular flexibility index (Phi) is 6.07. The third-order valence-electron chi connectivity index (χ3n) is 4.95. The zero-order valence-corrected chi connectivity index (χ0v) is 16.7. The van der Waals surface area contributed by atoms with Crippen LogP contribution in [0.2, 0.25) is 0 Å². The number of amides is 1. The van der Waals surface area contributed by atoms with Crippen molar-refractivity contribution >= 4 is 23.2 Å². The molecular weight excluding hydrogens is 386 g/mol. The van der Waals surface area contributed by atoms with Gasteiger partial charge >= 0.3 is 5.97 Å². The highest BCUT2D eigenvalue weighted by Gasteiger charge is 2.45. The standard InChI is InChI=1S/C20H22F2N2O3S/c1-3-27-19(26)20(10-14-5-6-15(21)9-16(14)22)7-4-8-24(12-20)18(25)17-11-28-13(2)23-17/h5-6,9,11H,3-4,7-8,10,12H2,1-2H3/t20-/m1/s1. The summed E-state index contributed by atoms with van der Waals surface area (Å²) in [5, 5.41) is 2.48. The van der Waals surface area contributed by atoms with E-state index in [2.05, 4.69) is 4.98 Å². The van der Waals surface area contributed by atoms with Gasteiger partial charge in [-0.25, -0.2) is 13.8 Å². The van der Waals surface area contributed by atoms with Crippen LogP contribution in [0.15, 0.2) is 23.6 Å². The predicted molar refractivity (Wildman–Crippen MR) is 101 cm³/mol. The molecule has 2 heterocycles. The van der Waals surface area contributed by atoms with E-state index in [1.165, 1.54) is 23.5 Å². The summed E-state index contributed by atoms with van der Waals surface area (Å²) < 4.78 is 32.8. The van der Waals surface area contributed by atoms with Gasteiger partial charge in [0.1, 0.15) is 17.3 Å². The molecule has 1 amide bonds. The fourth-order valence-electron chi connectivity index (χ4n) is 3.63. The van der Waals surface area contributed by atoms with Gasteiger partial charge in [0.15, 0.2) is 0 Å². The van der Waals surface area contributed by atoms with Crippen LogP contribution in [0.4, 0.5) is 8.78 Å². The number of piperidine rings is 1. The highest BCUT2D eigenvalue weighted by atomic mass is 32.1. The molecule has 0 N–H and O–H groups in total. The number of aryl methyl sites for hydroxylation is 1. The summed E-state index contributed by atoms with van der Waals surface area (Å²) in [5.74, 6) is -2.10. The summed E-state index contributed by atoms with van der Waals surface area (Å²) in [5.41, 5.74) is -0.503. The molecule has 1 aromatic carbocycles. The predicted octanol–water partition coefficient (Wildman–Crippen LogP) is 3.76. The SMILES string of the molecule is CCOC(=O)[C@@]1(Cc2ccc(F)cc2F)CCCN(C(=O)c2csc(C)n2)C1. The maximum atomic E-state index is 14.3. The summed E-state index contributed by atoms with van der Waals surface area (Å²) in [6.07, 6.45) is 1.08. The van der Waals surface area contributed by atoms with Crippen LogP contribution in [0.3, 0.4) is 0 Å². The normalized spacial score (nSPS) is 19.5. The molecule has 2 aromatic rings. The lowest BCUT2D eigenvalue weighted by molar-refractivity contribution is -0.158. The fourth-order valence-corrected chi connectivity index (χ4v) is 4.21. The molecule has 8 heteroatoms. The zero-order chi connectivity index (χ0) is 20.3. The molecule has 0 radical (unpaired) electrons. The Morgan fingerprint density at radius 1 is 1.36 bits per heavy atom. The fraction of sp³-hybridized carbons (Fsp3) is 0.450. The van der Waals surface area contributed by atoms with E-state index in [0.717, 1.165) is 11.1 Å². The molecule has 28 heavy (non-hydrogen) atoms. The van der Waals surface area contributed by atoms with Crippen LogP contribution in [0, 0.1) is 24.0 Å². The first-order valence-corrected chi connectivity index (χ1v) is 10.0. The average molecular weight is 408 g/mol. The Hall–Kier alpha value is -2.35. The highest BCUT2D eigenvalue weighted by molar-refractivity contribution is 7.09. The van der Waals surface area contributed by atoms with Gasteiger partial charge in [0, 0.05) is 24.5 Å². The Labute approximate surface area is 166 Å². The number of likely N-dealkylation sites (tertiary alicyclic amines) is 1. The smallest absolute Gasteiger partial charge is 0.314 e. The first kappa shape index (κ1) is 20.4. The van der Waals surface area contributed by atoms with E-state index in [9.17, 15) is 18.4 Å². The number of carbonyl (C=O) groups excluding carboxylic acids is 2. The van der Waals surface area contributed by atoms with Gasteiger partial charge in [-0.2, -0.15) is 0 Å². The molecule has 1 fully saturated rings. The molecular formula is C20H22F2N2O3S. The quantitative estimate of drug-likeness (QED) is 0.707. The third kappa shape index (κ3) is 4.22. The van der Waals surface area contributed by atoms with Crippen molar-refractivity contribution in [2.45, 2.75) is 33.1 Å². The van der Waals surface area contributed by atoms with Gasteiger partial charge in [-0.1, -0.05) is 6.07 Å². The van der Waals surface area contributed by atoms with Gasteiger partial charge in [0.05, 0.1) is 17.0 Å². The van der Waals surface area contributed by atoms with Crippen molar-refractivity contribution in [2.75, 3.05) is 19.7 Å². The molecule has 0 saturated carbocycles. The maximum Gasteiger partial charge on any atom is 0.314 e. The second kappa shape index (κ2) is 8.34. The molecule has 5 nitrogen and oxygen atoms in total. The molecule has 1 aromatic heterocycles. The van der Waals surface area contributed by atoms with E-state index in [4.69, 9.17) is 4.74 Å². The number of nitrogens with zero attached hydrogens (tertiary/aromatic N) is 2. The summed E-state index contributed by atoms with van der Waals surface area (Å²) in [6, 6.07) is 3.31. The van der Waals surface area contributed by atoms with Crippen molar-refractivity contribution in [3.8, 4) is 0 Å². The van der Waals surface area contributed by atoms with Crippen LogP contribution < -0.4 is 0 Å². The topological polar surface area (TPSA) is 59.5 Å². The minimum Gasteiger partial charge on any atom is -0.466 e. The number of thiazole rings is 1. The molecule has 1 aliphatic rings. The van der Waals surface area contributed by atoms with Crippen LogP contribution in [0.25, 0.3) is 0 Å². The van der Waals surface area contributed by atoms with E-state index in [1.54, 1.807) is 17.2 Å². The molecule has 1 saturated heterocycles. The van der Waals surface area contributed by atoms with E-state index < -0.39 is 23.0 Å². The van der Waals surface area contributed by atoms with E-state index >= 15 is 0 Å². The van der Waals surface area contributed by atoms with Crippen LogP contribution in [-0.2, 0) is 16.0 Å². The Balaban J connectivity index is 1.90. The molecule has 150 valence electrons. The first-order valence-electron chi connectivity index (χ1n) is 9.17. The van der Waals surface area contributed by atoms with Gasteiger partial charge in [-0.15, -0.1) is 11.3 Å². The van der Waals surface area contributed by atoms with Crippen LogP contribution in [0.1, 0.15) is 40.8 Å². The number of rotatable bonds is 5. The van der Waals surface area contributed by atoms with Gasteiger partial charge in [0.2, 0.25) is 0 Å². The van der Waals surface area contributed by atoms with Crippen molar-refractivity contribution in [2.24, 2.45) is 5.41 Å². The average Bonchev–Trinajstić information content (AvgIpc) is 3.10. The van der Waals surface area contributed by atoms with Gasteiger partial charge < -0.3 is 9.64 Å². The van der Waals surface area contributed by atoms with Crippen LogP contribution >= 0.6 is 11.3 Å². The molecule has 0 unspecified atom stereocenters. The van der Waals surface area contributed by atoms with Gasteiger partial charge in [-0.05, 0) is 44.7 Å². The van der Waals surface area contributed by atoms with E-state index in [-0.39, 0.29) is 31.0 Å². The van der Waals surface area contributed by atoms with Gasteiger partial charge in [-0.3, -0.25) is 9.59 Å². The molecule has 0 bridgehead atoms. The van der Waals surface area contributed by atoms with E-state index in [0.29, 0.717) is 25.1 Å². The van der Waals surface area contributed by atoms with E-state index in [1.807, 2.05) is 6.92 Å². The summed E-state index contributed by atoms with van der Waals surface area (Å²) in [7, 11) is 0. The Morgan fingerprint density at radius 3 is 2.79 bits per heavy atom. The minimum absolute atomic E-state index is 0.0395. The van der Waals surface area contributed by atoms with Crippen LogP contribution in [0.5, 0.6) is 0 Å². The van der Waals surface area contributed by atoms with Gasteiger partial charge in [0.25, 0.3) is 5.91 Å². The lowest BCUT2D eigenvalue weighted by Gasteiger charge is -2.41. The number of benzene rings is 1. The second-order valence-electron chi connectivity index (χ2n) is 7.00. The van der Waals surface area contributed by atoms with Crippen molar-refractivity contribution in [3.05, 3.63) is 51.5 Å².